The largest absolute Gasteiger partial charge is 0.480 e. The highest BCUT2D eigenvalue weighted by atomic mass is 79.9. The number of rotatable bonds is 5. The van der Waals surface area contributed by atoms with E-state index in [1.54, 1.807) is 6.08 Å². The minimum absolute atomic E-state index is 0.168. The fourth-order valence-corrected chi connectivity index (χ4v) is 3.31. The molecule has 0 atom stereocenters. The van der Waals surface area contributed by atoms with Crippen molar-refractivity contribution in [2.45, 2.75) is 5.16 Å². The van der Waals surface area contributed by atoms with E-state index in [0.717, 1.165) is 21.1 Å². The summed E-state index contributed by atoms with van der Waals surface area (Å²) in [6.07, 6.45) is 7.01. The lowest BCUT2D eigenvalue weighted by molar-refractivity contribution is 0.369. The number of aromatic amines is 1. The molecule has 1 N–H and O–H groups in total. The van der Waals surface area contributed by atoms with Gasteiger partial charge in [0.05, 0.1) is 15.9 Å². The van der Waals surface area contributed by atoms with Crippen LogP contribution in [0.25, 0.3) is 17.1 Å². The molecule has 0 aliphatic heterocycles. The van der Waals surface area contributed by atoms with E-state index in [9.17, 15) is 5.26 Å². The van der Waals surface area contributed by atoms with Crippen LogP contribution in [0.1, 0.15) is 5.56 Å². The summed E-state index contributed by atoms with van der Waals surface area (Å²) in [7, 11) is 0. The Hall–Kier alpha value is -2.67. The number of thioether (sulfide) groups is 1. The third kappa shape index (κ3) is 4.24. The minimum atomic E-state index is 0.168. The number of aromatic nitrogens is 2. The monoisotopic (exact) mass is 409 g/mol. The zero-order chi connectivity index (χ0) is 17.6. The van der Waals surface area contributed by atoms with Crippen molar-refractivity contribution < 1.29 is 4.74 Å². The van der Waals surface area contributed by atoms with E-state index in [1.807, 2.05) is 42.5 Å². The molecule has 25 heavy (non-hydrogen) atoms. The first-order valence-corrected chi connectivity index (χ1v) is 8.91. The van der Waals surface area contributed by atoms with Crippen LogP contribution in [-0.2, 0) is 0 Å². The molecular weight excluding hydrogens is 398 g/mol. The highest BCUT2D eigenvalue weighted by Gasteiger charge is 2.09. The average molecular weight is 410 g/mol. The summed E-state index contributed by atoms with van der Waals surface area (Å²) in [5.74, 6) is 3.06. The highest BCUT2D eigenvalue weighted by molar-refractivity contribution is 9.10. The predicted octanol–water partition coefficient (Wildman–Crippen LogP) is 4.99. The lowest BCUT2D eigenvalue weighted by Gasteiger charge is -2.07. The standard InChI is InChI=1S/C19H12BrN3OS/c1-2-9-24-18-8-7-14(20)10-13(18)11-15(12-21)25-19-22-16-5-3-4-6-17(16)23-19/h1,3-8,10-11H,9H2,(H,22,23)/b15-11+. The third-order valence-corrected chi connectivity index (χ3v) is 4.56. The van der Waals surface area contributed by atoms with Gasteiger partial charge in [0, 0.05) is 10.0 Å². The van der Waals surface area contributed by atoms with Crippen molar-refractivity contribution in [3.8, 4) is 24.2 Å². The molecular formula is C19H12BrN3OS. The molecule has 4 nitrogen and oxygen atoms in total. The van der Waals surface area contributed by atoms with Crippen LogP contribution in [0.15, 0.2) is 57.0 Å². The number of hydrogen-bond donors (Lipinski definition) is 1. The maximum absolute atomic E-state index is 9.49. The predicted molar refractivity (Wildman–Crippen MR) is 104 cm³/mol. The number of halogens is 1. The molecule has 0 aliphatic rings. The molecule has 0 radical (unpaired) electrons. The van der Waals surface area contributed by atoms with Crippen molar-refractivity contribution in [3.05, 3.63) is 57.4 Å². The maximum atomic E-state index is 9.49. The van der Waals surface area contributed by atoms with Gasteiger partial charge in [-0.25, -0.2) is 4.98 Å². The van der Waals surface area contributed by atoms with Crippen LogP contribution in [0, 0.1) is 23.7 Å². The summed E-state index contributed by atoms with van der Waals surface area (Å²) in [4.78, 5) is 8.17. The van der Waals surface area contributed by atoms with E-state index in [4.69, 9.17) is 11.2 Å². The minimum Gasteiger partial charge on any atom is -0.480 e. The van der Waals surface area contributed by atoms with Crippen LogP contribution in [-0.4, -0.2) is 16.6 Å². The van der Waals surface area contributed by atoms with Gasteiger partial charge >= 0.3 is 0 Å². The first-order chi connectivity index (χ1) is 12.2. The van der Waals surface area contributed by atoms with Crippen LogP contribution in [0.5, 0.6) is 5.75 Å². The Kier molecular flexibility index (Phi) is 5.45. The molecule has 1 aromatic heterocycles. The number of nitrogens with zero attached hydrogens (tertiary/aromatic N) is 2. The molecule has 122 valence electrons. The van der Waals surface area contributed by atoms with Gasteiger partial charge in [0.25, 0.3) is 0 Å². The zero-order valence-corrected chi connectivity index (χ0v) is 15.4. The van der Waals surface area contributed by atoms with E-state index in [1.165, 1.54) is 11.8 Å². The number of ether oxygens (including phenoxy) is 1. The second-order valence-corrected chi connectivity index (χ2v) is 6.90. The number of imidazole rings is 1. The van der Waals surface area contributed by atoms with E-state index < -0.39 is 0 Å². The Bertz CT molecular complexity index is 994. The lowest BCUT2D eigenvalue weighted by Crippen LogP contribution is -1.95. The number of allylic oxidation sites excluding steroid dienone is 1. The molecule has 0 bridgehead atoms. The smallest absolute Gasteiger partial charge is 0.171 e. The molecule has 3 aromatic rings. The van der Waals surface area contributed by atoms with Crippen molar-refractivity contribution in [1.29, 1.82) is 5.26 Å². The van der Waals surface area contributed by atoms with Crippen molar-refractivity contribution in [3.63, 3.8) is 0 Å². The molecule has 6 heteroatoms. The fourth-order valence-electron chi connectivity index (χ4n) is 2.19. The number of H-pyrrole nitrogens is 1. The summed E-state index contributed by atoms with van der Waals surface area (Å²) in [6.45, 7) is 0.168. The third-order valence-electron chi connectivity index (χ3n) is 3.25. The van der Waals surface area contributed by atoms with Crippen molar-refractivity contribution >= 4 is 44.8 Å². The number of nitriles is 1. The summed E-state index contributed by atoms with van der Waals surface area (Å²) in [5, 5.41) is 10.2. The summed E-state index contributed by atoms with van der Waals surface area (Å²) < 4.78 is 6.43. The van der Waals surface area contributed by atoms with Gasteiger partial charge in [0.2, 0.25) is 0 Å². The molecule has 1 heterocycles. The van der Waals surface area contributed by atoms with Gasteiger partial charge in [-0.05, 0) is 48.2 Å². The quantitative estimate of drug-likeness (QED) is 0.366. The van der Waals surface area contributed by atoms with Gasteiger partial charge in [-0.15, -0.1) is 6.42 Å². The Morgan fingerprint density at radius 3 is 2.96 bits per heavy atom. The number of nitrogens with one attached hydrogen (secondary N) is 1. The average Bonchev–Trinajstić information content (AvgIpc) is 3.02. The van der Waals surface area contributed by atoms with Crippen LogP contribution in [0.2, 0.25) is 0 Å². The highest BCUT2D eigenvalue weighted by Crippen LogP contribution is 2.31. The van der Waals surface area contributed by atoms with Gasteiger partial charge in [-0.2, -0.15) is 5.26 Å². The maximum Gasteiger partial charge on any atom is 0.171 e. The van der Waals surface area contributed by atoms with E-state index >= 15 is 0 Å². The molecule has 0 aliphatic carbocycles. The first-order valence-electron chi connectivity index (χ1n) is 7.30. The van der Waals surface area contributed by atoms with Crippen LogP contribution >= 0.6 is 27.7 Å². The summed E-state index contributed by atoms with van der Waals surface area (Å²) >= 11 is 4.70. The molecule has 2 aromatic carbocycles. The van der Waals surface area contributed by atoms with E-state index in [2.05, 4.69) is 37.9 Å². The van der Waals surface area contributed by atoms with Crippen molar-refractivity contribution in [1.82, 2.24) is 9.97 Å². The normalized spacial score (nSPS) is 11.1. The topological polar surface area (TPSA) is 61.7 Å². The second-order valence-electron chi connectivity index (χ2n) is 4.96. The Morgan fingerprint density at radius 2 is 2.20 bits per heavy atom. The number of benzene rings is 2. The van der Waals surface area contributed by atoms with Crippen LogP contribution < -0.4 is 4.74 Å². The van der Waals surface area contributed by atoms with Gasteiger partial charge in [0.15, 0.2) is 5.16 Å². The lowest BCUT2D eigenvalue weighted by atomic mass is 10.2. The van der Waals surface area contributed by atoms with Gasteiger partial charge < -0.3 is 9.72 Å². The van der Waals surface area contributed by atoms with Crippen molar-refractivity contribution in [2.24, 2.45) is 0 Å². The van der Waals surface area contributed by atoms with Crippen molar-refractivity contribution in [2.75, 3.05) is 6.61 Å². The van der Waals surface area contributed by atoms with Gasteiger partial charge in [0.1, 0.15) is 18.4 Å². The molecule has 0 spiro atoms. The Balaban J connectivity index is 1.91. The van der Waals surface area contributed by atoms with Gasteiger partial charge in [-0.3, -0.25) is 0 Å². The first kappa shape index (κ1) is 17.2. The summed E-state index contributed by atoms with van der Waals surface area (Å²) in [5.41, 5.74) is 2.57. The molecule has 3 rings (SSSR count). The SMILES string of the molecule is C#CCOc1ccc(Br)cc1/C=C(\C#N)Sc1nc2ccccc2[nH]1. The molecule has 0 fully saturated rings. The van der Waals surface area contributed by atoms with E-state index in [-0.39, 0.29) is 6.61 Å². The Labute approximate surface area is 158 Å². The molecule has 0 saturated heterocycles. The summed E-state index contributed by atoms with van der Waals surface area (Å²) in [6, 6.07) is 15.5. The molecule has 0 unspecified atom stereocenters. The fraction of sp³-hybridized carbons (Fsp3) is 0.0526. The number of terminal acetylenes is 1. The number of fused-ring (bicyclic) bond motifs is 1. The van der Waals surface area contributed by atoms with Gasteiger partial charge in [-0.1, -0.05) is 34.0 Å². The van der Waals surface area contributed by atoms with E-state index in [0.29, 0.717) is 15.8 Å². The molecule has 0 saturated carbocycles. The second kappa shape index (κ2) is 7.94. The Morgan fingerprint density at radius 1 is 1.36 bits per heavy atom. The van der Waals surface area contributed by atoms with Crippen LogP contribution in [0.4, 0.5) is 0 Å². The molecule has 0 amide bonds. The number of hydrogen-bond acceptors (Lipinski definition) is 4. The number of para-hydroxylation sites is 2. The zero-order valence-electron chi connectivity index (χ0n) is 13.0. The van der Waals surface area contributed by atoms with Crippen LogP contribution in [0.3, 0.4) is 0 Å².